The summed E-state index contributed by atoms with van der Waals surface area (Å²) in [4.78, 5) is 0.171. The van der Waals surface area contributed by atoms with Gasteiger partial charge in [0.15, 0.2) is 5.75 Å². The number of benzene rings is 4. The Morgan fingerprint density at radius 2 is 1.41 bits per heavy atom. The highest BCUT2D eigenvalue weighted by atomic mass is 32.2. The van der Waals surface area contributed by atoms with Crippen molar-refractivity contribution >= 4 is 26.5 Å². The van der Waals surface area contributed by atoms with Crippen molar-refractivity contribution < 1.29 is 17.9 Å². The average molecular weight is 405 g/mol. The third-order valence-corrected chi connectivity index (χ3v) is 5.79. The van der Waals surface area contributed by atoms with Gasteiger partial charge in [-0.15, -0.1) is 0 Å². The van der Waals surface area contributed by atoms with Crippen LogP contribution in [0.4, 0.5) is 5.69 Å². The van der Waals surface area contributed by atoms with E-state index >= 15 is 0 Å². The van der Waals surface area contributed by atoms with Gasteiger partial charge in [0, 0.05) is 0 Å². The van der Waals surface area contributed by atoms with Crippen LogP contribution in [0.1, 0.15) is 0 Å². The van der Waals surface area contributed by atoms with Crippen molar-refractivity contribution in [3.8, 4) is 17.2 Å². The van der Waals surface area contributed by atoms with Crippen molar-refractivity contribution in [3.63, 3.8) is 0 Å². The maximum Gasteiger partial charge on any atom is 0.262 e. The van der Waals surface area contributed by atoms with E-state index < -0.39 is 10.0 Å². The Morgan fingerprint density at radius 3 is 2.21 bits per heavy atom. The number of ether oxygens (including phenoxy) is 2. The quantitative estimate of drug-likeness (QED) is 0.464. The summed E-state index contributed by atoms with van der Waals surface area (Å²) in [5, 5.41) is 1.71. The smallest absolute Gasteiger partial charge is 0.262 e. The van der Waals surface area contributed by atoms with Crippen molar-refractivity contribution in [1.82, 2.24) is 0 Å². The molecule has 4 rings (SSSR count). The fourth-order valence-corrected chi connectivity index (χ4v) is 4.06. The van der Waals surface area contributed by atoms with Gasteiger partial charge >= 0.3 is 0 Å². The molecule has 0 aliphatic carbocycles. The summed E-state index contributed by atoms with van der Waals surface area (Å²) >= 11 is 0. The van der Waals surface area contributed by atoms with Gasteiger partial charge in [-0.3, -0.25) is 4.72 Å². The predicted octanol–water partition coefficient (Wildman–Crippen LogP) is 5.44. The SMILES string of the molecule is COc1ccc2cc(S(=O)(=O)Nc3ccccc3Oc3ccccc3)ccc2c1. The van der Waals surface area contributed by atoms with E-state index in [1.165, 1.54) is 0 Å². The normalized spacial score (nSPS) is 11.2. The number of nitrogens with one attached hydrogen (secondary N) is 1. The summed E-state index contributed by atoms with van der Waals surface area (Å²) in [6.07, 6.45) is 0. The van der Waals surface area contributed by atoms with Crippen LogP contribution in [0.25, 0.3) is 10.8 Å². The predicted molar refractivity (Wildman–Crippen MR) is 114 cm³/mol. The summed E-state index contributed by atoms with van der Waals surface area (Å²) in [6.45, 7) is 0. The molecule has 0 saturated heterocycles. The van der Waals surface area contributed by atoms with Gasteiger partial charge < -0.3 is 9.47 Å². The number of para-hydroxylation sites is 3. The molecule has 0 fully saturated rings. The highest BCUT2D eigenvalue weighted by Gasteiger charge is 2.17. The topological polar surface area (TPSA) is 64.6 Å². The van der Waals surface area contributed by atoms with E-state index in [0.717, 1.165) is 16.5 Å². The minimum absolute atomic E-state index is 0.171. The summed E-state index contributed by atoms with van der Waals surface area (Å²) in [6, 6.07) is 26.6. The van der Waals surface area contributed by atoms with E-state index in [-0.39, 0.29) is 4.90 Å². The molecule has 29 heavy (non-hydrogen) atoms. The number of anilines is 1. The first-order valence-electron chi connectivity index (χ1n) is 8.98. The third kappa shape index (κ3) is 4.17. The van der Waals surface area contributed by atoms with Gasteiger partial charge in [0.05, 0.1) is 17.7 Å². The molecule has 0 heterocycles. The Morgan fingerprint density at radius 1 is 0.724 bits per heavy atom. The standard InChI is InChI=1S/C23H19NO4S/c1-27-20-13-11-18-16-21(14-12-17(18)15-20)29(25,26)24-22-9-5-6-10-23(22)28-19-7-3-2-4-8-19/h2-16,24H,1H3. The fraction of sp³-hybridized carbons (Fsp3) is 0.0435. The van der Waals surface area contributed by atoms with E-state index in [9.17, 15) is 8.42 Å². The third-order valence-electron chi connectivity index (χ3n) is 4.43. The molecule has 1 N–H and O–H groups in total. The summed E-state index contributed by atoms with van der Waals surface area (Å²) in [5.74, 6) is 1.77. The van der Waals surface area contributed by atoms with Crippen LogP contribution in [0.15, 0.2) is 95.9 Å². The molecule has 0 aliphatic heterocycles. The van der Waals surface area contributed by atoms with E-state index in [4.69, 9.17) is 9.47 Å². The zero-order chi connectivity index (χ0) is 20.3. The van der Waals surface area contributed by atoms with Crippen LogP contribution in [0.2, 0.25) is 0 Å². The summed E-state index contributed by atoms with van der Waals surface area (Å²) in [5.41, 5.74) is 0.367. The Kier molecular flexibility index (Phi) is 5.10. The minimum Gasteiger partial charge on any atom is -0.497 e. The van der Waals surface area contributed by atoms with E-state index in [0.29, 0.717) is 17.2 Å². The van der Waals surface area contributed by atoms with Crippen molar-refractivity contribution in [2.24, 2.45) is 0 Å². The van der Waals surface area contributed by atoms with Gasteiger partial charge in [-0.05, 0) is 59.3 Å². The number of sulfonamides is 1. The number of rotatable bonds is 6. The average Bonchev–Trinajstić information content (AvgIpc) is 2.75. The van der Waals surface area contributed by atoms with Crippen LogP contribution in [-0.4, -0.2) is 15.5 Å². The zero-order valence-corrected chi connectivity index (χ0v) is 16.5. The lowest BCUT2D eigenvalue weighted by molar-refractivity contribution is 0.415. The van der Waals surface area contributed by atoms with Crippen LogP contribution >= 0.6 is 0 Å². The lowest BCUT2D eigenvalue weighted by Crippen LogP contribution is -2.13. The molecule has 0 aliphatic rings. The van der Waals surface area contributed by atoms with Gasteiger partial charge in [-0.25, -0.2) is 8.42 Å². The molecule has 6 heteroatoms. The van der Waals surface area contributed by atoms with Crippen LogP contribution in [0.5, 0.6) is 17.2 Å². The molecule has 0 unspecified atom stereocenters. The number of hydrogen-bond acceptors (Lipinski definition) is 4. The number of hydrogen-bond donors (Lipinski definition) is 1. The lowest BCUT2D eigenvalue weighted by Gasteiger charge is -2.14. The summed E-state index contributed by atoms with van der Waals surface area (Å²) in [7, 11) is -2.20. The zero-order valence-electron chi connectivity index (χ0n) is 15.7. The second-order valence-corrected chi connectivity index (χ2v) is 8.07. The molecule has 4 aromatic rings. The monoisotopic (exact) mass is 405 g/mol. The molecule has 0 radical (unpaired) electrons. The molecular formula is C23H19NO4S. The first kappa shape index (κ1) is 18.8. The Bertz CT molecular complexity index is 1250. The number of methoxy groups -OCH3 is 1. The lowest BCUT2D eigenvalue weighted by atomic mass is 10.1. The van der Waals surface area contributed by atoms with Gasteiger partial charge in [0.1, 0.15) is 11.5 Å². The molecule has 0 spiro atoms. The minimum atomic E-state index is -3.80. The Hall–Kier alpha value is -3.51. The van der Waals surface area contributed by atoms with Crippen molar-refractivity contribution in [1.29, 1.82) is 0 Å². The molecule has 146 valence electrons. The molecular weight excluding hydrogens is 386 g/mol. The van der Waals surface area contributed by atoms with Crippen molar-refractivity contribution in [2.75, 3.05) is 11.8 Å². The molecule has 0 bridgehead atoms. The molecule has 0 saturated carbocycles. The molecule has 0 atom stereocenters. The fourth-order valence-electron chi connectivity index (χ4n) is 2.96. The first-order valence-corrected chi connectivity index (χ1v) is 10.5. The number of fused-ring (bicyclic) bond motifs is 1. The van der Waals surface area contributed by atoms with Gasteiger partial charge in [-0.2, -0.15) is 0 Å². The van der Waals surface area contributed by atoms with Crippen LogP contribution in [0, 0.1) is 0 Å². The summed E-state index contributed by atoms with van der Waals surface area (Å²) < 4.78 is 39.7. The van der Waals surface area contributed by atoms with E-state index in [2.05, 4.69) is 4.72 Å². The van der Waals surface area contributed by atoms with E-state index in [1.54, 1.807) is 55.6 Å². The Labute approximate surface area is 169 Å². The molecule has 0 aromatic heterocycles. The van der Waals surface area contributed by atoms with Crippen LogP contribution in [0.3, 0.4) is 0 Å². The van der Waals surface area contributed by atoms with Gasteiger partial charge in [0.25, 0.3) is 10.0 Å². The van der Waals surface area contributed by atoms with Gasteiger partial charge in [0.2, 0.25) is 0 Å². The molecule has 0 amide bonds. The van der Waals surface area contributed by atoms with Crippen LogP contribution in [-0.2, 0) is 10.0 Å². The highest BCUT2D eigenvalue weighted by Crippen LogP contribution is 2.31. The van der Waals surface area contributed by atoms with E-state index in [1.807, 2.05) is 42.5 Å². The molecule has 4 aromatic carbocycles. The second kappa shape index (κ2) is 7.85. The van der Waals surface area contributed by atoms with Crippen molar-refractivity contribution in [3.05, 3.63) is 91.0 Å². The van der Waals surface area contributed by atoms with Crippen molar-refractivity contribution in [2.45, 2.75) is 4.90 Å². The van der Waals surface area contributed by atoms with Crippen LogP contribution < -0.4 is 14.2 Å². The highest BCUT2D eigenvalue weighted by molar-refractivity contribution is 7.92. The second-order valence-electron chi connectivity index (χ2n) is 6.39. The maximum atomic E-state index is 13.0. The first-order chi connectivity index (χ1) is 14.0. The molecule has 5 nitrogen and oxygen atoms in total. The van der Waals surface area contributed by atoms with Gasteiger partial charge in [-0.1, -0.05) is 42.5 Å². The largest absolute Gasteiger partial charge is 0.497 e. The Balaban J connectivity index is 1.65. The maximum absolute atomic E-state index is 13.0.